The Labute approximate surface area is 121 Å². The van der Waals surface area contributed by atoms with E-state index in [0.29, 0.717) is 12.6 Å². The van der Waals surface area contributed by atoms with Gasteiger partial charge in [0.15, 0.2) is 0 Å². The van der Waals surface area contributed by atoms with E-state index in [0.717, 1.165) is 44.5 Å². The summed E-state index contributed by atoms with van der Waals surface area (Å²) in [6.07, 6.45) is 3.27. The molecule has 110 valence electrons. The highest BCUT2D eigenvalue weighted by molar-refractivity contribution is 5.74. The van der Waals surface area contributed by atoms with Gasteiger partial charge in [-0.25, -0.2) is 4.79 Å². The third-order valence-electron chi connectivity index (χ3n) is 3.75. The number of carbonyl (C=O) groups excluding carboxylic acids is 1. The Bertz CT molecular complexity index is 399. The number of hydrogen-bond donors (Lipinski definition) is 2. The summed E-state index contributed by atoms with van der Waals surface area (Å²) in [5.74, 6) is 0. The standard InChI is InChI=1S/C16H25N3O/c1-2-10-17-15-8-11-19(12-9-15)16(20)18-13-14-6-4-3-5-7-14/h3-7,15,17H,2,8-13H2,1H3,(H,18,20). The molecule has 1 aromatic rings. The summed E-state index contributed by atoms with van der Waals surface area (Å²) in [6, 6.07) is 10.7. The molecule has 2 amide bonds. The molecule has 1 saturated heterocycles. The van der Waals surface area contributed by atoms with E-state index in [-0.39, 0.29) is 6.03 Å². The van der Waals surface area contributed by atoms with Crippen molar-refractivity contribution in [3.63, 3.8) is 0 Å². The summed E-state index contributed by atoms with van der Waals surface area (Å²) in [6.45, 7) is 5.56. The first-order valence-electron chi connectivity index (χ1n) is 7.59. The fourth-order valence-electron chi connectivity index (χ4n) is 2.52. The average molecular weight is 275 g/mol. The van der Waals surface area contributed by atoms with Gasteiger partial charge in [0, 0.05) is 25.7 Å². The Morgan fingerprint density at radius 1 is 1.25 bits per heavy atom. The molecule has 1 aliphatic heterocycles. The van der Waals surface area contributed by atoms with Crippen molar-refractivity contribution in [3.8, 4) is 0 Å². The van der Waals surface area contributed by atoms with Gasteiger partial charge in [0.1, 0.15) is 0 Å². The molecule has 0 saturated carbocycles. The lowest BCUT2D eigenvalue weighted by Gasteiger charge is -2.32. The van der Waals surface area contributed by atoms with E-state index in [1.807, 2.05) is 35.2 Å². The number of hydrogen-bond acceptors (Lipinski definition) is 2. The average Bonchev–Trinajstić information content (AvgIpc) is 2.52. The fourth-order valence-corrected chi connectivity index (χ4v) is 2.52. The van der Waals surface area contributed by atoms with Crippen molar-refractivity contribution in [1.82, 2.24) is 15.5 Å². The van der Waals surface area contributed by atoms with Crippen LogP contribution < -0.4 is 10.6 Å². The lowest BCUT2D eigenvalue weighted by Crippen LogP contribution is -2.48. The smallest absolute Gasteiger partial charge is 0.317 e. The van der Waals surface area contributed by atoms with E-state index in [9.17, 15) is 4.79 Å². The van der Waals surface area contributed by atoms with Crippen LogP contribution in [0.1, 0.15) is 31.7 Å². The highest BCUT2D eigenvalue weighted by Crippen LogP contribution is 2.10. The molecule has 0 spiro atoms. The molecule has 2 N–H and O–H groups in total. The van der Waals surface area contributed by atoms with Crippen LogP contribution >= 0.6 is 0 Å². The number of carbonyl (C=O) groups is 1. The molecular formula is C16H25N3O. The molecule has 1 fully saturated rings. The molecule has 1 heterocycles. The van der Waals surface area contributed by atoms with Gasteiger partial charge in [0.25, 0.3) is 0 Å². The van der Waals surface area contributed by atoms with Crippen LogP contribution in [0.5, 0.6) is 0 Å². The Balaban J connectivity index is 1.69. The Kier molecular flexibility index (Phi) is 5.87. The zero-order valence-corrected chi connectivity index (χ0v) is 12.3. The first kappa shape index (κ1) is 14.9. The number of nitrogens with zero attached hydrogens (tertiary/aromatic N) is 1. The van der Waals surface area contributed by atoms with Gasteiger partial charge in [-0.3, -0.25) is 0 Å². The van der Waals surface area contributed by atoms with Crippen molar-refractivity contribution >= 4 is 6.03 Å². The number of rotatable bonds is 5. The number of nitrogens with one attached hydrogen (secondary N) is 2. The molecule has 20 heavy (non-hydrogen) atoms. The first-order chi connectivity index (χ1) is 9.79. The molecule has 2 rings (SSSR count). The molecule has 0 unspecified atom stereocenters. The van der Waals surface area contributed by atoms with E-state index in [4.69, 9.17) is 0 Å². The molecule has 0 atom stereocenters. The van der Waals surface area contributed by atoms with E-state index in [1.165, 1.54) is 0 Å². The van der Waals surface area contributed by atoms with Gasteiger partial charge in [-0.05, 0) is 31.4 Å². The SMILES string of the molecule is CCCNC1CCN(C(=O)NCc2ccccc2)CC1. The first-order valence-corrected chi connectivity index (χ1v) is 7.59. The number of piperidine rings is 1. The van der Waals surface area contributed by atoms with Gasteiger partial charge in [-0.15, -0.1) is 0 Å². The minimum absolute atomic E-state index is 0.0581. The predicted octanol–water partition coefficient (Wildman–Crippen LogP) is 2.36. The van der Waals surface area contributed by atoms with Crippen LogP contribution in [0.25, 0.3) is 0 Å². The highest BCUT2D eigenvalue weighted by atomic mass is 16.2. The molecule has 0 aliphatic carbocycles. The maximum atomic E-state index is 12.1. The second-order valence-corrected chi connectivity index (χ2v) is 5.36. The Morgan fingerprint density at radius 2 is 1.95 bits per heavy atom. The lowest BCUT2D eigenvalue weighted by molar-refractivity contribution is 0.176. The van der Waals surface area contributed by atoms with Crippen LogP contribution in [0.15, 0.2) is 30.3 Å². The Morgan fingerprint density at radius 3 is 2.60 bits per heavy atom. The van der Waals surface area contributed by atoms with Crippen molar-refractivity contribution in [1.29, 1.82) is 0 Å². The zero-order valence-electron chi connectivity index (χ0n) is 12.3. The summed E-state index contributed by atoms with van der Waals surface area (Å²) in [5.41, 5.74) is 1.14. The molecule has 0 aromatic heterocycles. The van der Waals surface area contributed by atoms with Gasteiger partial charge < -0.3 is 15.5 Å². The number of benzene rings is 1. The summed E-state index contributed by atoms with van der Waals surface area (Å²) >= 11 is 0. The second kappa shape index (κ2) is 7.90. The summed E-state index contributed by atoms with van der Waals surface area (Å²) in [7, 11) is 0. The molecule has 0 radical (unpaired) electrons. The molecular weight excluding hydrogens is 250 g/mol. The van der Waals surface area contributed by atoms with Crippen molar-refractivity contribution in [2.45, 2.75) is 38.8 Å². The van der Waals surface area contributed by atoms with Gasteiger partial charge in [0.05, 0.1) is 0 Å². The summed E-state index contributed by atoms with van der Waals surface area (Å²) in [5, 5.41) is 6.52. The van der Waals surface area contributed by atoms with Crippen molar-refractivity contribution in [2.75, 3.05) is 19.6 Å². The minimum Gasteiger partial charge on any atom is -0.334 e. The molecule has 1 aliphatic rings. The zero-order chi connectivity index (χ0) is 14.2. The predicted molar refractivity (Wildman–Crippen MR) is 81.6 cm³/mol. The van der Waals surface area contributed by atoms with E-state index >= 15 is 0 Å². The third-order valence-corrected chi connectivity index (χ3v) is 3.75. The minimum atomic E-state index is 0.0581. The topological polar surface area (TPSA) is 44.4 Å². The van der Waals surface area contributed by atoms with Gasteiger partial charge in [0.2, 0.25) is 0 Å². The van der Waals surface area contributed by atoms with Crippen LogP contribution in [-0.2, 0) is 6.54 Å². The fraction of sp³-hybridized carbons (Fsp3) is 0.562. The van der Waals surface area contributed by atoms with Crippen LogP contribution in [-0.4, -0.2) is 36.6 Å². The second-order valence-electron chi connectivity index (χ2n) is 5.36. The molecule has 4 nitrogen and oxygen atoms in total. The van der Waals surface area contributed by atoms with Crippen LogP contribution in [0.4, 0.5) is 4.79 Å². The van der Waals surface area contributed by atoms with E-state index in [2.05, 4.69) is 17.6 Å². The lowest BCUT2D eigenvalue weighted by atomic mass is 10.1. The Hall–Kier alpha value is -1.55. The third kappa shape index (κ3) is 4.53. The van der Waals surface area contributed by atoms with Crippen molar-refractivity contribution in [3.05, 3.63) is 35.9 Å². The quantitative estimate of drug-likeness (QED) is 0.866. The number of amides is 2. The van der Waals surface area contributed by atoms with E-state index < -0.39 is 0 Å². The molecule has 0 bridgehead atoms. The normalized spacial score (nSPS) is 16.1. The van der Waals surface area contributed by atoms with Crippen molar-refractivity contribution < 1.29 is 4.79 Å². The van der Waals surface area contributed by atoms with Crippen LogP contribution in [0.2, 0.25) is 0 Å². The van der Waals surface area contributed by atoms with Gasteiger partial charge in [-0.2, -0.15) is 0 Å². The van der Waals surface area contributed by atoms with Crippen molar-refractivity contribution in [2.24, 2.45) is 0 Å². The molecule has 1 aromatic carbocycles. The largest absolute Gasteiger partial charge is 0.334 e. The maximum Gasteiger partial charge on any atom is 0.317 e. The van der Waals surface area contributed by atoms with Crippen LogP contribution in [0, 0.1) is 0 Å². The van der Waals surface area contributed by atoms with Crippen LogP contribution in [0.3, 0.4) is 0 Å². The number of likely N-dealkylation sites (tertiary alicyclic amines) is 1. The summed E-state index contributed by atoms with van der Waals surface area (Å²) < 4.78 is 0. The van der Waals surface area contributed by atoms with Gasteiger partial charge >= 0.3 is 6.03 Å². The van der Waals surface area contributed by atoms with Gasteiger partial charge in [-0.1, -0.05) is 37.3 Å². The monoisotopic (exact) mass is 275 g/mol. The highest BCUT2D eigenvalue weighted by Gasteiger charge is 2.21. The number of urea groups is 1. The maximum absolute atomic E-state index is 12.1. The molecule has 4 heteroatoms. The summed E-state index contributed by atoms with van der Waals surface area (Å²) in [4.78, 5) is 14.0. The van der Waals surface area contributed by atoms with E-state index in [1.54, 1.807) is 0 Å².